The number of hydrogen-bond donors (Lipinski definition) is 1. The summed E-state index contributed by atoms with van der Waals surface area (Å²) < 4.78 is 6.08. The lowest BCUT2D eigenvalue weighted by Gasteiger charge is -2.36. The van der Waals surface area contributed by atoms with Crippen LogP contribution >= 0.6 is 11.6 Å². The van der Waals surface area contributed by atoms with Crippen molar-refractivity contribution in [3.63, 3.8) is 0 Å². The molecule has 2 aromatic rings. The number of carbonyl (C=O) groups excluding carboxylic acids is 1. The molecule has 1 aliphatic rings. The zero-order valence-electron chi connectivity index (χ0n) is 18.0. The Balaban J connectivity index is 1.87. The van der Waals surface area contributed by atoms with E-state index < -0.39 is 5.41 Å². The molecule has 3 rings (SSSR count). The van der Waals surface area contributed by atoms with Gasteiger partial charge in [0, 0.05) is 10.7 Å². The molecule has 1 atom stereocenters. The fourth-order valence-electron chi connectivity index (χ4n) is 4.31. The van der Waals surface area contributed by atoms with Gasteiger partial charge in [0.05, 0.1) is 11.5 Å². The van der Waals surface area contributed by atoms with Crippen LogP contribution < -0.4 is 10.1 Å². The molecule has 1 saturated carbocycles. The first kappa shape index (κ1) is 21.7. The van der Waals surface area contributed by atoms with Gasteiger partial charge in [0.2, 0.25) is 5.91 Å². The second-order valence-corrected chi connectivity index (χ2v) is 8.82. The number of halogens is 1. The molecule has 1 unspecified atom stereocenters. The molecule has 0 radical (unpaired) electrons. The van der Waals surface area contributed by atoms with Crippen molar-refractivity contribution in [2.24, 2.45) is 0 Å². The number of rotatable bonds is 6. The first-order valence-corrected chi connectivity index (χ1v) is 11.1. The van der Waals surface area contributed by atoms with Gasteiger partial charge >= 0.3 is 0 Å². The molecule has 0 bridgehead atoms. The largest absolute Gasteiger partial charge is 0.490 e. The van der Waals surface area contributed by atoms with E-state index in [1.165, 1.54) is 6.42 Å². The topological polar surface area (TPSA) is 38.3 Å². The van der Waals surface area contributed by atoms with E-state index in [9.17, 15) is 4.79 Å². The number of ether oxygens (including phenoxy) is 1. The lowest BCUT2D eigenvalue weighted by molar-refractivity contribution is -0.122. The lowest BCUT2D eigenvalue weighted by Crippen LogP contribution is -2.42. The maximum absolute atomic E-state index is 13.5. The highest BCUT2D eigenvalue weighted by Crippen LogP contribution is 2.41. The van der Waals surface area contributed by atoms with Crippen molar-refractivity contribution in [3.8, 4) is 5.75 Å². The van der Waals surface area contributed by atoms with Crippen LogP contribution in [0.25, 0.3) is 0 Å². The van der Waals surface area contributed by atoms with Gasteiger partial charge < -0.3 is 10.1 Å². The molecule has 1 N–H and O–H groups in total. The van der Waals surface area contributed by atoms with Gasteiger partial charge in [-0.1, -0.05) is 49.9 Å². The van der Waals surface area contributed by atoms with E-state index in [-0.39, 0.29) is 12.0 Å². The summed E-state index contributed by atoms with van der Waals surface area (Å²) in [5.74, 6) is 0.997. The third-order valence-corrected chi connectivity index (χ3v) is 6.40. The quantitative estimate of drug-likeness (QED) is 0.554. The van der Waals surface area contributed by atoms with E-state index >= 15 is 0 Å². The second kappa shape index (κ2) is 9.21. The molecule has 29 heavy (non-hydrogen) atoms. The van der Waals surface area contributed by atoms with Gasteiger partial charge in [0.15, 0.2) is 0 Å². The summed E-state index contributed by atoms with van der Waals surface area (Å²) in [6.45, 7) is 8.27. The molecule has 4 heteroatoms. The summed E-state index contributed by atoms with van der Waals surface area (Å²) >= 11 is 6.09. The predicted molar refractivity (Wildman–Crippen MR) is 121 cm³/mol. The molecule has 3 nitrogen and oxygen atoms in total. The Labute approximate surface area is 179 Å². The Kier molecular flexibility index (Phi) is 6.89. The monoisotopic (exact) mass is 413 g/mol. The van der Waals surface area contributed by atoms with Crippen LogP contribution in [0.15, 0.2) is 36.4 Å². The number of hydrogen-bond acceptors (Lipinski definition) is 2. The number of carbonyl (C=O) groups is 1. The van der Waals surface area contributed by atoms with E-state index in [0.29, 0.717) is 5.02 Å². The Morgan fingerprint density at radius 2 is 1.69 bits per heavy atom. The van der Waals surface area contributed by atoms with Crippen molar-refractivity contribution in [1.29, 1.82) is 0 Å². The van der Waals surface area contributed by atoms with Crippen molar-refractivity contribution < 1.29 is 9.53 Å². The first-order valence-electron chi connectivity index (χ1n) is 10.7. The van der Waals surface area contributed by atoms with E-state index in [1.54, 1.807) is 0 Å². The molecular formula is C25H32ClNO2. The van der Waals surface area contributed by atoms with E-state index in [2.05, 4.69) is 19.2 Å². The number of amides is 1. The number of benzene rings is 2. The molecule has 1 aliphatic carbocycles. The van der Waals surface area contributed by atoms with Gasteiger partial charge in [-0.25, -0.2) is 0 Å². The number of aryl methyl sites for hydroxylation is 2. The fourth-order valence-corrected chi connectivity index (χ4v) is 4.44. The zero-order valence-corrected chi connectivity index (χ0v) is 18.7. The SMILES string of the molecule is CCC(C)Oc1c(C)cc(NC(=O)C2(c3ccc(Cl)cc3)CCCCC2)cc1C. The van der Waals surface area contributed by atoms with Crippen molar-refractivity contribution in [3.05, 3.63) is 58.1 Å². The Bertz CT molecular complexity index is 831. The zero-order chi connectivity index (χ0) is 21.0. The summed E-state index contributed by atoms with van der Waals surface area (Å²) in [5.41, 5.74) is 3.50. The van der Waals surface area contributed by atoms with Crippen LogP contribution in [0.2, 0.25) is 5.02 Å². The van der Waals surface area contributed by atoms with Crippen LogP contribution in [0, 0.1) is 13.8 Å². The standard InChI is InChI=1S/C25H32ClNO2/c1-5-19(4)29-23-17(2)15-22(16-18(23)3)27-24(28)25(13-7-6-8-14-25)20-9-11-21(26)12-10-20/h9-12,15-16,19H,5-8,13-14H2,1-4H3,(H,27,28). The molecule has 0 heterocycles. The summed E-state index contributed by atoms with van der Waals surface area (Å²) in [6.07, 6.45) is 6.18. The number of nitrogens with one attached hydrogen (secondary N) is 1. The highest BCUT2D eigenvalue weighted by Gasteiger charge is 2.41. The molecule has 0 spiro atoms. The van der Waals surface area contributed by atoms with Crippen LogP contribution in [-0.2, 0) is 10.2 Å². The third kappa shape index (κ3) is 4.78. The van der Waals surface area contributed by atoms with E-state index in [1.807, 2.05) is 50.2 Å². The maximum atomic E-state index is 13.5. The summed E-state index contributed by atoms with van der Waals surface area (Å²) in [6, 6.07) is 11.8. The summed E-state index contributed by atoms with van der Waals surface area (Å²) in [4.78, 5) is 13.5. The van der Waals surface area contributed by atoms with Crippen LogP contribution in [0.1, 0.15) is 69.1 Å². The van der Waals surface area contributed by atoms with E-state index in [4.69, 9.17) is 16.3 Å². The minimum atomic E-state index is -0.490. The van der Waals surface area contributed by atoms with Gasteiger partial charge in [-0.15, -0.1) is 0 Å². The van der Waals surface area contributed by atoms with Gasteiger partial charge in [-0.2, -0.15) is 0 Å². The average molecular weight is 414 g/mol. The molecule has 2 aromatic carbocycles. The Morgan fingerprint density at radius 3 is 2.24 bits per heavy atom. The normalized spacial score (nSPS) is 16.9. The molecule has 0 aliphatic heterocycles. The van der Waals surface area contributed by atoms with Gasteiger partial charge in [0.25, 0.3) is 0 Å². The lowest BCUT2D eigenvalue weighted by atomic mass is 9.68. The van der Waals surface area contributed by atoms with Crippen molar-refractivity contribution in [2.45, 2.75) is 77.7 Å². The average Bonchev–Trinajstić information content (AvgIpc) is 2.71. The molecule has 0 saturated heterocycles. The smallest absolute Gasteiger partial charge is 0.235 e. The third-order valence-electron chi connectivity index (χ3n) is 6.15. The summed E-state index contributed by atoms with van der Waals surface area (Å²) in [7, 11) is 0. The molecular weight excluding hydrogens is 382 g/mol. The van der Waals surface area contributed by atoms with Gasteiger partial charge in [-0.05, 0) is 81.0 Å². The Hall–Kier alpha value is -2.00. The molecule has 1 fully saturated rings. The molecule has 156 valence electrons. The van der Waals surface area contributed by atoms with Crippen molar-refractivity contribution in [1.82, 2.24) is 0 Å². The highest BCUT2D eigenvalue weighted by molar-refractivity contribution is 6.30. The highest BCUT2D eigenvalue weighted by atomic mass is 35.5. The van der Waals surface area contributed by atoms with Gasteiger partial charge in [-0.3, -0.25) is 4.79 Å². The molecule has 1 amide bonds. The predicted octanol–water partition coefficient (Wildman–Crippen LogP) is 6.97. The second-order valence-electron chi connectivity index (χ2n) is 8.38. The summed E-state index contributed by atoms with van der Waals surface area (Å²) in [5, 5.41) is 3.91. The van der Waals surface area contributed by atoms with Crippen LogP contribution in [0.5, 0.6) is 5.75 Å². The van der Waals surface area contributed by atoms with Crippen LogP contribution in [-0.4, -0.2) is 12.0 Å². The molecule has 0 aromatic heterocycles. The van der Waals surface area contributed by atoms with Crippen LogP contribution in [0.4, 0.5) is 5.69 Å². The van der Waals surface area contributed by atoms with Crippen LogP contribution in [0.3, 0.4) is 0 Å². The van der Waals surface area contributed by atoms with Crippen molar-refractivity contribution >= 4 is 23.2 Å². The Morgan fingerprint density at radius 1 is 1.10 bits per heavy atom. The maximum Gasteiger partial charge on any atom is 0.235 e. The van der Waals surface area contributed by atoms with Crippen molar-refractivity contribution in [2.75, 3.05) is 5.32 Å². The number of anilines is 1. The minimum Gasteiger partial charge on any atom is -0.490 e. The van der Waals surface area contributed by atoms with E-state index in [0.717, 1.165) is 60.2 Å². The first-order chi connectivity index (χ1) is 13.9. The minimum absolute atomic E-state index is 0.0777. The van der Waals surface area contributed by atoms with Gasteiger partial charge in [0.1, 0.15) is 5.75 Å². The fraction of sp³-hybridized carbons (Fsp3) is 0.480.